The molecule has 1 amide bonds. The lowest BCUT2D eigenvalue weighted by atomic mass is 9.93. The van der Waals surface area contributed by atoms with Crippen molar-refractivity contribution in [1.29, 1.82) is 0 Å². The summed E-state index contributed by atoms with van der Waals surface area (Å²) in [5.41, 5.74) is 2.34. The molecule has 0 bridgehead atoms. The predicted octanol–water partition coefficient (Wildman–Crippen LogP) is 4.39. The molecule has 1 atom stereocenters. The molecule has 0 N–H and O–H groups in total. The summed E-state index contributed by atoms with van der Waals surface area (Å²) in [5, 5.41) is 0. The number of ether oxygens (including phenoxy) is 1. The fourth-order valence-electron chi connectivity index (χ4n) is 5.04. The maximum Gasteiger partial charge on any atom is 0.230 e. The fourth-order valence-corrected chi connectivity index (χ4v) is 5.04. The summed E-state index contributed by atoms with van der Waals surface area (Å²) in [6.07, 6.45) is 5.65. The molecule has 2 fully saturated rings. The molecule has 2 aromatic rings. The Balaban J connectivity index is 1.37. The van der Waals surface area contributed by atoms with Crippen molar-refractivity contribution in [2.45, 2.75) is 38.0 Å². The van der Waals surface area contributed by atoms with Crippen LogP contribution in [-0.4, -0.2) is 68.6 Å². The van der Waals surface area contributed by atoms with Gasteiger partial charge in [-0.2, -0.15) is 0 Å². The third-order valence-corrected chi connectivity index (χ3v) is 6.95. The Morgan fingerprint density at radius 1 is 0.844 bits per heavy atom. The van der Waals surface area contributed by atoms with Gasteiger partial charge in [-0.15, -0.1) is 0 Å². The molecule has 2 aliphatic heterocycles. The highest BCUT2D eigenvalue weighted by Gasteiger charge is 2.28. The summed E-state index contributed by atoms with van der Waals surface area (Å²) in [6, 6.07) is 18.7. The van der Waals surface area contributed by atoms with Gasteiger partial charge in [0.25, 0.3) is 0 Å². The van der Waals surface area contributed by atoms with Crippen LogP contribution >= 0.6 is 0 Å². The molecular formula is C27H37N3O2. The van der Waals surface area contributed by atoms with Crippen LogP contribution in [-0.2, 0) is 4.79 Å². The molecule has 2 aliphatic rings. The molecule has 0 aliphatic carbocycles. The van der Waals surface area contributed by atoms with Crippen LogP contribution in [0.4, 0.5) is 5.69 Å². The number of benzene rings is 2. The number of hydrogen-bond acceptors (Lipinski definition) is 4. The summed E-state index contributed by atoms with van der Waals surface area (Å²) in [4.78, 5) is 20.6. The smallest absolute Gasteiger partial charge is 0.230 e. The first kappa shape index (κ1) is 22.7. The topological polar surface area (TPSA) is 36.0 Å². The molecule has 2 heterocycles. The normalized spacial score (nSPS) is 18.8. The average Bonchev–Trinajstić information content (AvgIpc) is 3.15. The van der Waals surface area contributed by atoms with Crippen LogP contribution in [0.15, 0.2) is 54.6 Å². The van der Waals surface area contributed by atoms with Crippen LogP contribution in [0, 0.1) is 0 Å². The van der Waals surface area contributed by atoms with E-state index in [2.05, 4.69) is 51.1 Å². The largest absolute Gasteiger partial charge is 0.495 e. The molecule has 4 rings (SSSR count). The van der Waals surface area contributed by atoms with E-state index in [1.165, 1.54) is 18.5 Å². The Morgan fingerprint density at radius 2 is 1.50 bits per heavy atom. The SMILES string of the molecule is [11CH3]Oc1ccccc1N1CCN(CC[C@@H](C(=O)N2CCCCCC2)c2ccccc2)CC1. The molecule has 0 saturated carbocycles. The number of nitrogens with zero attached hydrogens (tertiary/aromatic N) is 3. The Bertz CT molecular complexity index is 841. The highest BCUT2D eigenvalue weighted by atomic mass is 16.4. The van der Waals surface area contributed by atoms with E-state index in [4.69, 9.17) is 4.74 Å². The number of piperazine rings is 1. The number of amides is 1. The molecule has 172 valence electrons. The van der Waals surface area contributed by atoms with Crippen LogP contribution in [0.2, 0.25) is 0 Å². The summed E-state index contributed by atoms with van der Waals surface area (Å²) in [5.74, 6) is 1.22. The maximum atomic E-state index is 13.5. The van der Waals surface area contributed by atoms with Gasteiger partial charge in [0, 0.05) is 39.3 Å². The molecular weight excluding hydrogens is 397 g/mol. The van der Waals surface area contributed by atoms with Crippen LogP contribution in [0.3, 0.4) is 0 Å². The van der Waals surface area contributed by atoms with Gasteiger partial charge in [-0.25, -0.2) is 0 Å². The minimum Gasteiger partial charge on any atom is -0.495 e. The molecule has 32 heavy (non-hydrogen) atoms. The highest BCUT2D eigenvalue weighted by molar-refractivity contribution is 5.83. The van der Waals surface area contributed by atoms with Crippen molar-refractivity contribution < 1.29 is 9.53 Å². The van der Waals surface area contributed by atoms with Crippen molar-refractivity contribution in [3.05, 3.63) is 60.2 Å². The minimum atomic E-state index is -0.0402. The first-order valence-electron chi connectivity index (χ1n) is 12.2. The van der Waals surface area contributed by atoms with Gasteiger partial charge in [0.2, 0.25) is 5.91 Å². The standard InChI is InChI=1S/C27H37N3O2/c1-32-26-14-8-7-13-25(26)29-21-19-28(20-22-29)18-15-24(23-11-5-4-6-12-23)27(31)30-16-9-2-3-10-17-30/h4-8,11-14,24H,2-3,9-10,15-22H2,1H3/t24-/m1/s1/i1-1. The maximum absolute atomic E-state index is 13.5. The fraction of sp³-hybridized carbons (Fsp3) is 0.519. The summed E-state index contributed by atoms with van der Waals surface area (Å²) in [7, 11) is 1.74. The number of carbonyl (C=O) groups excluding carboxylic acids is 1. The van der Waals surface area contributed by atoms with Crippen molar-refractivity contribution in [2.75, 3.05) is 57.8 Å². The van der Waals surface area contributed by atoms with Crippen LogP contribution in [0.5, 0.6) is 5.75 Å². The van der Waals surface area contributed by atoms with Crippen LogP contribution < -0.4 is 9.64 Å². The lowest BCUT2D eigenvalue weighted by molar-refractivity contribution is -0.133. The van der Waals surface area contributed by atoms with E-state index in [0.717, 1.165) is 76.4 Å². The predicted molar refractivity (Wildman–Crippen MR) is 130 cm³/mol. The first-order valence-corrected chi connectivity index (χ1v) is 12.2. The van der Waals surface area contributed by atoms with E-state index in [9.17, 15) is 4.79 Å². The van der Waals surface area contributed by atoms with Crippen LogP contribution in [0.1, 0.15) is 43.6 Å². The van der Waals surface area contributed by atoms with Crippen molar-refractivity contribution in [3.63, 3.8) is 0 Å². The van der Waals surface area contributed by atoms with Gasteiger partial charge in [0.05, 0.1) is 18.7 Å². The molecule has 2 aromatic carbocycles. The van der Waals surface area contributed by atoms with Gasteiger partial charge >= 0.3 is 0 Å². The number of hydrogen-bond donors (Lipinski definition) is 0. The second-order valence-electron chi connectivity index (χ2n) is 8.99. The molecule has 2 saturated heterocycles. The van der Waals surface area contributed by atoms with Crippen molar-refractivity contribution in [1.82, 2.24) is 9.80 Å². The highest BCUT2D eigenvalue weighted by Crippen LogP contribution is 2.29. The average molecular weight is 435 g/mol. The Labute approximate surface area is 193 Å². The van der Waals surface area contributed by atoms with Crippen LogP contribution in [0.25, 0.3) is 0 Å². The summed E-state index contributed by atoms with van der Waals surface area (Å²) < 4.78 is 5.55. The van der Waals surface area contributed by atoms with Gasteiger partial charge in [0.1, 0.15) is 5.75 Å². The van der Waals surface area contributed by atoms with E-state index in [0.29, 0.717) is 5.91 Å². The Kier molecular flexibility index (Phi) is 8.05. The van der Waals surface area contributed by atoms with E-state index in [1.807, 2.05) is 18.2 Å². The molecule has 0 aromatic heterocycles. The third-order valence-electron chi connectivity index (χ3n) is 6.95. The first-order chi connectivity index (χ1) is 15.8. The Morgan fingerprint density at radius 3 is 2.19 bits per heavy atom. The minimum absolute atomic E-state index is 0.0402. The summed E-state index contributed by atoms with van der Waals surface area (Å²) >= 11 is 0. The molecule has 0 spiro atoms. The Hall–Kier alpha value is -2.53. The van der Waals surface area contributed by atoms with Crippen molar-refractivity contribution in [2.24, 2.45) is 0 Å². The van der Waals surface area contributed by atoms with E-state index >= 15 is 0 Å². The van der Waals surface area contributed by atoms with Gasteiger partial charge in [0.15, 0.2) is 0 Å². The van der Waals surface area contributed by atoms with Crippen molar-refractivity contribution in [3.8, 4) is 5.75 Å². The lowest BCUT2D eigenvalue weighted by Gasteiger charge is -2.37. The monoisotopic (exact) mass is 434 g/mol. The van der Waals surface area contributed by atoms with Gasteiger partial charge in [-0.3, -0.25) is 9.69 Å². The third kappa shape index (κ3) is 5.63. The molecule has 0 radical (unpaired) electrons. The van der Waals surface area contributed by atoms with E-state index < -0.39 is 0 Å². The zero-order valence-electron chi connectivity index (χ0n) is 19.4. The van der Waals surface area contributed by atoms with Gasteiger partial charge in [-0.05, 0) is 43.5 Å². The zero-order chi connectivity index (χ0) is 22.2. The number of anilines is 1. The second-order valence-corrected chi connectivity index (χ2v) is 8.99. The van der Waals surface area contributed by atoms with Crippen molar-refractivity contribution >= 4 is 11.6 Å². The number of carbonyl (C=O) groups is 1. The molecule has 0 unspecified atom stereocenters. The number of methoxy groups -OCH3 is 1. The number of para-hydroxylation sites is 2. The van der Waals surface area contributed by atoms with E-state index in [-0.39, 0.29) is 5.92 Å². The second kappa shape index (κ2) is 11.4. The number of rotatable bonds is 7. The lowest BCUT2D eigenvalue weighted by Crippen LogP contribution is -2.47. The molecule has 5 heteroatoms. The van der Waals surface area contributed by atoms with Gasteiger partial charge < -0.3 is 14.5 Å². The molecule has 5 nitrogen and oxygen atoms in total. The van der Waals surface area contributed by atoms with E-state index in [1.54, 1.807) is 7.11 Å². The summed E-state index contributed by atoms with van der Waals surface area (Å²) in [6.45, 7) is 6.78. The zero-order valence-corrected chi connectivity index (χ0v) is 19.4. The van der Waals surface area contributed by atoms with Gasteiger partial charge in [-0.1, -0.05) is 55.3 Å². The number of likely N-dealkylation sites (tertiary alicyclic amines) is 1. The quantitative estimate of drug-likeness (QED) is 0.647.